The number of fused-ring (bicyclic) bond motifs is 2. The Bertz CT molecular complexity index is 1250. The Labute approximate surface area is 311 Å². The summed E-state index contributed by atoms with van der Waals surface area (Å²) in [6.07, 6.45) is -6.29. The Balaban J connectivity index is 1.82. The number of ether oxygens (including phenoxy) is 7. The van der Waals surface area contributed by atoms with E-state index < -0.39 is 95.8 Å². The molecule has 0 spiro atoms. The molecule has 3 fully saturated rings. The van der Waals surface area contributed by atoms with Gasteiger partial charge in [0, 0.05) is 31.9 Å². The number of hydrogen-bond donors (Lipinski definition) is 4. The third-order valence-corrected chi connectivity index (χ3v) is 12.4. The molecule has 4 rings (SSSR count). The fourth-order valence-corrected chi connectivity index (χ4v) is 9.17. The van der Waals surface area contributed by atoms with Crippen molar-refractivity contribution in [1.82, 2.24) is 4.90 Å². The van der Waals surface area contributed by atoms with E-state index in [9.17, 15) is 25.2 Å². The molecule has 17 atom stereocenters. The Kier molecular flexibility index (Phi) is 14.0. The number of carbonyl (C=O) groups excluding carboxylic acids is 1. The van der Waals surface area contributed by atoms with E-state index in [-0.39, 0.29) is 25.0 Å². The topological polar surface area (TPSA) is 166 Å². The van der Waals surface area contributed by atoms with E-state index >= 15 is 0 Å². The summed E-state index contributed by atoms with van der Waals surface area (Å²) in [5, 5.41) is 45.5. The van der Waals surface area contributed by atoms with Gasteiger partial charge in [-0.05, 0) is 86.9 Å². The van der Waals surface area contributed by atoms with Gasteiger partial charge < -0.3 is 58.5 Å². The van der Waals surface area contributed by atoms with Gasteiger partial charge in [0.25, 0.3) is 0 Å². The van der Waals surface area contributed by atoms with E-state index in [1.54, 1.807) is 27.7 Å². The average molecular weight is 744 g/mol. The first-order chi connectivity index (χ1) is 24.1. The van der Waals surface area contributed by atoms with Crippen LogP contribution < -0.4 is 0 Å². The van der Waals surface area contributed by atoms with Crippen molar-refractivity contribution in [3.63, 3.8) is 0 Å². The number of esters is 1. The maximum absolute atomic E-state index is 14.3. The Morgan fingerprint density at radius 3 is 2.31 bits per heavy atom. The molecule has 0 saturated carbocycles. The summed E-state index contributed by atoms with van der Waals surface area (Å²) in [5.74, 6) is -2.26. The second-order valence-corrected chi connectivity index (χ2v) is 16.9. The van der Waals surface area contributed by atoms with Crippen LogP contribution in [0.4, 0.5) is 0 Å². The molecule has 2 bridgehead atoms. The molecule has 302 valence electrons. The molecule has 0 aromatic carbocycles. The molecular formula is C39H69NO12. The van der Waals surface area contributed by atoms with Crippen LogP contribution in [0.25, 0.3) is 0 Å². The summed E-state index contributed by atoms with van der Waals surface area (Å²) in [5.41, 5.74) is -2.95. The van der Waals surface area contributed by atoms with E-state index in [1.165, 1.54) is 14.0 Å². The van der Waals surface area contributed by atoms with Crippen LogP contribution in [0.5, 0.6) is 0 Å². The van der Waals surface area contributed by atoms with E-state index in [2.05, 4.69) is 11.8 Å². The number of aliphatic hydroxyl groups excluding tert-OH is 3. The lowest BCUT2D eigenvalue weighted by atomic mass is 9.78. The summed E-state index contributed by atoms with van der Waals surface area (Å²) in [4.78, 5) is 16.5. The van der Waals surface area contributed by atoms with Crippen LogP contribution in [0, 0.1) is 17.8 Å². The van der Waals surface area contributed by atoms with E-state index in [0.717, 1.165) is 18.5 Å². The number of likely N-dealkylation sites (N-methyl/N-ethyl adjacent to an activating group) is 1. The van der Waals surface area contributed by atoms with Gasteiger partial charge in [-0.1, -0.05) is 27.7 Å². The van der Waals surface area contributed by atoms with Crippen molar-refractivity contribution in [2.24, 2.45) is 17.8 Å². The molecule has 0 aliphatic carbocycles. The zero-order chi connectivity index (χ0) is 39.1. The highest BCUT2D eigenvalue weighted by Crippen LogP contribution is 2.48. The number of nitrogens with zero attached hydrogens (tertiary/aromatic N) is 1. The molecule has 5 unspecified atom stereocenters. The molecule has 13 nitrogen and oxygen atoms in total. The van der Waals surface area contributed by atoms with Gasteiger partial charge >= 0.3 is 5.97 Å². The molecule has 0 amide bonds. The van der Waals surface area contributed by atoms with Crippen LogP contribution in [0.3, 0.4) is 0 Å². The first-order valence-corrected chi connectivity index (χ1v) is 19.4. The summed E-state index contributed by atoms with van der Waals surface area (Å²) in [6.45, 7) is 21.0. The molecule has 4 heterocycles. The minimum atomic E-state index is -1.82. The minimum absolute atomic E-state index is 0.175. The minimum Gasteiger partial charge on any atom is -0.488 e. The standard InChI is InChI=1S/C39H69NO12/c1-14-16-40(12)26-17-21(4)47-36(29(26)42)51-33-23(6)31(49-28-19-37(9,46-13)32(43)25(8)48-28)24(7)35(44)50-34(39(11,45)27(41)15-2)22(5)30-20(3)18-38(33,10)52-30/h21-29,31-34,36,41-43,45H,14-19H2,1-13H3/t21?,22-,23-,24+,25?,26?,27+,28-,29?,31-,32-,33+,34+,36-,37?,38+,39+/m0/s1. The largest absolute Gasteiger partial charge is 0.488 e. The Hall–Kier alpha value is -1.39. The van der Waals surface area contributed by atoms with E-state index in [4.69, 9.17) is 33.2 Å². The van der Waals surface area contributed by atoms with Crippen LogP contribution in [0.1, 0.15) is 108 Å². The zero-order valence-corrected chi connectivity index (χ0v) is 33.8. The number of aliphatic hydroxyl groups is 4. The van der Waals surface area contributed by atoms with Crippen LogP contribution >= 0.6 is 0 Å². The van der Waals surface area contributed by atoms with Crippen molar-refractivity contribution in [3.05, 3.63) is 11.3 Å². The van der Waals surface area contributed by atoms with E-state index in [1.807, 2.05) is 41.7 Å². The molecule has 3 saturated heterocycles. The SMILES string of the molecule is CCCN(C)C1CC(C)O[C@@H](O[C@@H]2[C@@H](C)[C@H](O[C@H]3CC(C)(OC)[C@@H](O)C(C)O3)[C@@H](C)C(=O)O[C@@H]([C@](C)(O)[C@H](O)CC)[C@@H](C)C3=C(C)C[C@@]2(C)O3)C1O. The highest BCUT2D eigenvalue weighted by Gasteiger charge is 2.57. The molecular weight excluding hydrogens is 674 g/mol. The van der Waals surface area contributed by atoms with Crippen LogP contribution in [0.15, 0.2) is 11.3 Å². The van der Waals surface area contributed by atoms with Crippen molar-refractivity contribution >= 4 is 5.97 Å². The van der Waals surface area contributed by atoms with Crippen LogP contribution in [-0.4, -0.2) is 136 Å². The average Bonchev–Trinajstić information content (AvgIpc) is 3.40. The highest BCUT2D eigenvalue weighted by atomic mass is 16.7. The summed E-state index contributed by atoms with van der Waals surface area (Å²) < 4.78 is 45.1. The lowest BCUT2D eigenvalue weighted by molar-refractivity contribution is -0.316. The predicted octanol–water partition coefficient (Wildman–Crippen LogP) is 3.67. The molecule has 0 aromatic rings. The molecule has 4 N–H and O–H groups in total. The second-order valence-electron chi connectivity index (χ2n) is 16.9. The Morgan fingerprint density at radius 2 is 1.71 bits per heavy atom. The van der Waals surface area contributed by atoms with Gasteiger partial charge in [0.05, 0.1) is 41.9 Å². The van der Waals surface area contributed by atoms with Crippen molar-refractivity contribution in [3.8, 4) is 0 Å². The highest BCUT2D eigenvalue weighted by molar-refractivity contribution is 5.73. The maximum Gasteiger partial charge on any atom is 0.311 e. The predicted molar refractivity (Wildman–Crippen MR) is 193 cm³/mol. The smallest absolute Gasteiger partial charge is 0.311 e. The maximum atomic E-state index is 14.3. The summed E-state index contributed by atoms with van der Waals surface area (Å²) in [7, 11) is 3.53. The second kappa shape index (κ2) is 16.8. The molecule has 52 heavy (non-hydrogen) atoms. The third-order valence-electron chi connectivity index (χ3n) is 12.4. The number of hydrogen-bond acceptors (Lipinski definition) is 13. The monoisotopic (exact) mass is 743 g/mol. The molecule has 0 radical (unpaired) electrons. The molecule has 4 aliphatic rings. The van der Waals surface area contributed by atoms with E-state index in [0.29, 0.717) is 18.6 Å². The quantitative estimate of drug-likeness (QED) is 0.227. The first kappa shape index (κ1) is 43.3. The van der Waals surface area contributed by atoms with Gasteiger partial charge in [-0.3, -0.25) is 4.79 Å². The van der Waals surface area contributed by atoms with Gasteiger partial charge in [0.1, 0.15) is 41.4 Å². The Morgan fingerprint density at radius 1 is 1.06 bits per heavy atom. The van der Waals surface area contributed by atoms with Gasteiger partial charge in [-0.25, -0.2) is 0 Å². The number of methoxy groups -OCH3 is 1. The van der Waals surface area contributed by atoms with Gasteiger partial charge in [0.15, 0.2) is 12.6 Å². The van der Waals surface area contributed by atoms with Crippen LogP contribution in [-0.2, 0) is 38.0 Å². The third kappa shape index (κ3) is 8.54. The normalized spacial score (nSPS) is 45.2. The lowest BCUT2D eigenvalue weighted by Gasteiger charge is -2.48. The van der Waals surface area contributed by atoms with Crippen molar-refractivity contribution in [2.45, 2.75) is 193 Å². The molecule has 13 heteroatoms. The van der Waals surface area contributed by atoms with Gasteiger partial charge in [-0.15, -0.1) is 0 Å². The molecule has 0 aromatic heterocycles. The number of cyclic esters (lactones) is 1. The zero-order valence-electron chi connectivity index (χ0n) is 33.8. The fourth-order valence-electron chi connectivity index (χ4n) is 9.17. The van der Waals surface area contributed by atoms with Gasteiger partial charge in [0.2, 0.25) is 0 Å². The van der Waals surface area contributed by atoms with Crippen molar-refractivity contribution < 1.29 is 58.4 Å². The van der Waals surface area contributed by atoms with Crippen LogP contribution in [0.2, 0.25) is 0 Å². The summed E-state index contributed by atoms with van der Waals surface area (Å²) >= 11 is 0. The van der Waals surface area contributed by atoms with Crippen molar-refractivity contribution in [2.75, 3.05) is 20.7 Å². The number of rotatable bonds is 11. The first-order valence-electron chi connectivity index (χ1n) is 19.4. The summed E-state index contributed by atoms with van der Waals surface area (Å²) in [6, 6.07) is -0.205. The number of carbonyl (C=O) groups is 1. The molecule has 4 aliphatic heterocycles. The van der Waals surface area contributed by atoms with Gasteiger partial charge in [-0.2, -0.15) is 0 Å². The lowest BCUT2D eigenvalue weighted by Crippen LogP contribution is -2.60. The fraction of sp³-hybridized carbons (Fsp3) is 0.923. The van der Waals surface area contributed by atoms with Crippen molar-refractivity contribution in [1.29, 1.82) is 0 Å².